The van der Waals surface area contributed by atoms with E-state index in [0.717, 1.165) is 57.9 Å². The monoisotopic (exact) mass is 289 g/mol. The summed E-state index contributed by atoms with van der Waals surface area (Å²) < 4.78 is 23.2. The third kappa shape index (κ3) is 4.72. The zero-order valence-corrected chi connectivity index (χ0v) is 12.7. The zero-order chi connectivity index (χ0) is 13.9. The highest BCUT2D eigenvalue weighted by Gasteiger charge is 2.29. The topological polar surface area (TPSA) is 66.4 Å². The van der Waals surface area contributed by atoms with Crippen molar-refractivity contribution >= 4 is 9.84 Å². The quantitative estimate of drug-likeness (QED) is 0.823. The Morgan fingerprint density at radius 1 is 1.11 bits per heavy atom. The second-order valence-corrected chi connectivity index (χ2v) is 8.72. The second kappa shape index (κ2) is 6.55. The highest BCUT2D eigenvalue weighted by molar-refractivity contribution is 7.91. The van der Waals surface area contributed by atoms with Crippen molar-refractivity contribution < 1.29 is 13.5 Å². The van der Waals surface area contributed by atoms with E-state index in [0.29, 0.717) is 12.0 Å². The number of nitrogens with one attached hydrogen (secondary N) is 1. The molecule has 0 amide bonds. The van der Waals surface area contributed by atoms with Crippen molar-refractivity contribution in [3.63, 3.8) is 0 Å². The summed E-state index contributed by atoms with van der Waals surface area (Å²) >= 11 is 0. The van der Waals surface area contributed by atoms with Crippen molar-refractivity contribution in [3.05, 3.63) is 0 Å². The fraction of sp³-hybridized carbons (Fsp3) is 1.00. The van der Waals surface area contributed by atoms with Gasteiger partial charge in [-0.2, -0.15) is 0 Å². The standard InChI is InChI=1S/C14H27NO3S/c1-19(17,18)14-4-2-3-12(9-14)15-10-11-5-7-13(16)8-6-11/h11-16H,2-10H2,1H3. The summed E-state index contributed by atoms with van der Waals surface area (Å²) in [5, 5.41) is 12.9. The fourth-order valence-corrected chi connectivity index (χ4v) is 4.58. The van der Waals surface area contributed by atoms with Gasteiger partial charge in [0, 0.05) is 12.3 Å². The van der Waals surface area contributed by atoms with Crippen molar-refractivity contribution in [2.24, 2.45) is 5.92 Å². The number of aliphatic hydroxyl groups excluding tert-OH is 1. The molecule has 112 valence electrons. The minimum Gasteiger partial charge on any atom is -0.393 e. The molecular formula is C14H27NO3S. The molecule has 0 saturated heterocycles. The summed E-state index contributed by atoms with van der Waals surface area (Å²) in [6.45, 7) is 0.980. The molecule has 19 heavy (non-hydrogen) atoms. The number of hydrogen-bond donors (Lipinski definition) is 2. The van der Waals surface area contributed by atoms with E-state index in [1.165, 1.54) is 6.26 Å². The van der Waals surface area contributed by atoms with E-state index in [4.69, 9.17) is 0 Å². The molecule has 0 aromatic rings. The van der Waals surface area contributed by atoms with Crippen LogP contribution in [-0.4, -0.2) is 43.7 Å². The van der Waals surface area contributed by atoms with Crippen LogP contribution in [0.5, 0.6) is 0 Å². The lowest BCUT2D eigenvalue weighted by atomic mass is 9.87. The molecule has 0 radical (unpaired) electrons. The van der Waals surface area contributed by atoms with Crippen molar-refractivity contribution in [1.82, 2.24) is 5.32 Å². The summed E-state index contributed by atoms with van der Waals surface area (Å²) in [7, 11) is -2.88. The molecule has 2 aliphatic carbocycles. The normalized spacial score (nSPS) is 37.2. The van der Waals surface area contributed by atoms with Crippen molar-refractivity contribution in [1.29, 1.82) is 0 Å². The third-order valence-electron chi connectivity index (χ3n) is 4.74. The van der Waals surface area contributed by atoms with Gasteiger partial charge in [0.25, 0.3) is 0 Å². The summed E-state index contributed by atoms with van der Waals surface area (Å²) in [5.74, 6) is 0.655. The van der Waals surface area contributed by atoms with Crippen LogP contribution in [0.15, 0.2) is 0 Å². The Balaban J connectivity index is 1.74. The van der Waals surface area contributed by atoms with Crippen molar-refractivity contribution in [3.8, 4) is 0 Å². The van der Waals surface area contributed by atoms with Crippen molar-refractivity contribution in [2.75, 3.05) is 12.8 Å². The van der Waals surface area contributed by atoms with E-state index in [1.54, 1.807) is 0 Å². The second-order valence-electron chi connectivity index (χ2n) is 6.40. The largest absolute Gasteiger partial charge is 0.393 e. The van der Waals surface area contributed by atoms with E-state index >= 15 is 0 Å². The summed E-state index contributed by atoms with van der Waals surface area (Å²) in [6, 6.07) is 0.361. The Labute approximate surface area is 116 Å². The fourth-order valence-electron chi connectivity index (χ4n) is 3.40. The maximum atomic E-state index is 11.6. The molecule has 5 heteroatoms. The third-order valence-corrected chi connectivity index (χ3v) is 6.38. The molecule has 2 fully saturated rings. The Morgan fingerprint density at radius 3 is 2.42 bits per heavy atom. The van der Waals surface area contributed by atoms with Crippen LogP contribution in [0.25, 0.3) is 0 Å². The molecular weight excluding hydrogens is 262 g/mol. The average molecular weight is 289 g/mol. The maximum Gasteiger partial charge on any atom is 0.150 e. The van der Waals surface area contributed by atoms with E-state index in [2.05, 4.69) is 5.32 Å². The molecule has 2 rings (SSSR count). The number of hydrogen-bond acceptors (Lipinski definition) is 4. The predicted molar refractivity (Wildman–Crippen MR) is 76.9 cm³/mol. The molecule has 2 unspecified atom stereocenters. The summed E-state index contributed by atoms with van der Waals surface area (Å²) in [6.07, 6.45) is 9.00. The van der Waals surface area contributed by atoms with Gasteiger partial charge in [-0.3, -0.25) is 0 Å². The van der Waals surface area contributed by atoms with Crippen LogP contribution in [0.2, 0.25) is 0 Å². The lowest BCUT2D eigenvalue weighted by Crippen LogP contribution is -2.41. The zero-order valence-electron chi connectivity index (χ0n) is 11.8. The highest BCUT2D eigenvalue weighted by atomic mass is 32.2. The lowest BCUT2D eigenvalue weighted by molar-refractivity contribution is 0.107. The first-order chi connectivity index (χ1) is 8.95. The first-order valence-electron chi connectivity index (χ1n) is 7.55. The smallest absolute Gasteiger partial charge is 0.150 e. The average Bonchev–Trinajstić information content (AvgIpc) is 2.37. The molecule has 2 atom stereocenters. The minimum atomic E-state index is -2.88. The number of sulfone groups is 1. The van der Waals surface area contributed by atoms with Gasteiger partial charge in [0.1, 0.15) is 9.84 Å². The van der Waals surface area contributed by atoms with Gasteiger partial charge in [0.15, 0.2) is 0 Å². The van der Waals surface area contributed by atoms with Gasteiger partial charge >= 0.3 is 0 Å². The molecule has 0 aromatic heterocycles. The molecule has 2 aliphatic rings. The van der Waals surface area contributed by atoms with Crippen LogP contribution >= 0.6 is 0 Å². The van der Waals surface area contributed by atoms with Gasteiger partial charge in [-0.25, -0.2) is 8.42 Å². The van der Waals surface area contributed by atoms with Gasteiger partial charge < -0.3 is 10.4 Å². The molecule has 2 N–H and O–H groups in total. The maximum absolute atomic E-state index is 11.6. The molecule has 4 nitrogen and oxygen atoms in total. The molecule has 0 heterocycles. The number of aliphatic hydroxyl groups is 1. The van der Waals surface area contributed by atoms with Gasteiger partial charge in [-0.1, -0.05) is 6.42 Å². The summed E-state index contributed by atoms with van der Waals surface area (Å²) in [5.41, 5.74) is 0. The minimum absolute atomic E-state index is 0.0967. The molecule has 0 bridgehead atoms. The van der Waals surface area contributed by atoms with E-state index in [9.17, 15) is 13.5 Å². The van der Waals surface area contributed by atoms with Gasteiger partial charge in [-0.05, 0) is 57.4 Å². The predicted octanol–water partition coefficient (Wildman–Crippen LogP) is 1.48. The van der Waals surface area contributed by atoms with Crippen LogP contribution in [-0.2, 0) is 9.84 Å². The van der Waals surface area contributed by atoms with Crippen molar-refractivity contribution in [2.45, 2.75) is 68.8 Å². The van der Waals surface area contributed by atoms with Gasteiger partial charge in [0.2, 0.25) is 0 Å². The Kier molecular flexibility index (Phi) is 5.26. The highest BCUT2D eigenvalue weighted by Crippen LogP contribution is 2.26. The molecule has 0 spiro atoms. The first kappa shape index (κ1) is 15.3. The SMILES string of the molecule is CS(=O)(=O)C1CCCC(NCC2CCC(O)CC2)C1. The van der Waals surface area contributed by atoms with Crippen LogP contribution in [0.1, 0.15) is 51.4 Å². The van der Waals surface area contributed by atoms with E-state index in [1.807, 2.05) is 0 Å². The molecule has 2 saturated carbocycles. The number of rotatable bonds is 4. The van der Waals surface area contributed by atoms with E-state index in [-0.39, 0.29) is 11.4 Å². The lowest BCUT2D eigenvalue weighted by Gasteiger charge is -2.31. The first-order valence-corrected chi connectivity index (χ1v) is 9.51. The van der Waals surface area contributed by atoms with Crippen LogP contribution < -0.4 is 5.32 Å². The van der Waals surface area contributed by atoms with Crippen LogP contribution in [0.4, 0.5) is 0 Å². The van der Waals surface area contributed by atoms with Crippen LogP contribution in [0.3, 0.4) is 0 Å². The Hall–Kier alpha value is -0.130. The summed E-state index contributed by atoms with van der Waals surface area (Å²) in [4.78, 5) is 0. The van der Waals surface area contributed by atoms with E-state index < -0.39 is 9.84 Å². The Bertz CT molecular complexity index is 374. The molecule has 0 aliphatic heterocycles. The van der Waals surface area contributed by atoms with Crippen LogP contribution in [0, 0.1) is 5.92 Å². The van der Waals surface area contributed by atoms with Gasteiger partial charge in [0.05, 0.1) is 11.4 Å². The molecule has 0 aromatic carbocycles. The Morgan fingerprint density at radius 2 is 1.79 bits per heavy atom. The van der Waals surface area contributed by atoms with Gasteiger partial charge in [-0.15, -0.1) is 0 Å².